The number of hydrogen-bond acceptors (Lipinski definition) is 7. The second kappa shape index (κ2) is 16.3. The van der Waals surface area contributed by atoms with Gasteiger partial charge in [0.15, 0.2) is 6.29 Å². The zero-order chi connectivity index (χ0) is 27.9. The van der Waals surface area contributed by atoms with Gasteiger partial charge in [-0.1, -0.05) is 13.8 Å². The Bertz CT molecular complexity index is 1160. The molecule has 0 fully saturated rings. The van der Waals surface area contributed by atoms with Gasteiger partial charge >= 0.3 is 0 Å². The third-order valence-corrected chi connectivity index (χ3v) is 6.39. The minimum Gasteiger partial charge on any atom is -0.396 e. The van der Waals surface area contributed by atoms with Crippen molar-refractivity contribution in [2.75, 3.05) is 6.61 Å². The predicted octanol–water partition coefficient (Wildman–Crippen LogP) is 3.77. The van der Waals surface area contributed by atoms with Crippen molar-refractivity contribution < 1.29 is 15.0 Å². The molecular weight excluding hydrogens is 484 g/mol. The number of rotatable bonds is 6. The quantitative estimate of drug-likeness (QED) is 0.325. The third-order valence-electron chi connectivity index (χ3n) is 6.39. The normalized spacial score (nSPS) is 15.4. The number of imidazole rings is 4. The van der Waals surface area contributed by atoms with Crippen LogP contribution in [0.15, 0.2) is 50.1 Å². The van der Waals surface area contributed by atoms with E-state index < -0.39 is 6.10 Å². The molecule has 0 saturated carbocycles. The average molecular weight is 527 g/mol. The molecule has 1 aliphatic rings. The summed E-state index contributed by atoms with van der Waals surface area (Å²) < 4.78 is 5.71. The van der Waals surface area contributed by atoms with Crippen molar-refractivity contribution in [1.82, 2.24) is 38.6 Å². The highest BCUT2D eigenvalue weighted by Gasteiger charge is 2.15. The first-order chi connectivity index (χ1) is 18.3. The van der Waals surface area contributed by atoms with Crippen LogP contribution in [0, 0.1) is 0 Å². The first-order valence-corrected chi connectivity index (χ1v) is 12.9. The van der Waals surface area contributed by atoms with Crippen molar-refractivity contribution in [3.8, 4) is 0 Å². The van der Waals surface area contributed by atoms with Crippen molar-refractivity contribution in [3.05, 3.63) is 72.9 Å². The van der Waals surface area contributed by atoms with Crippen LogP contribution in [0.2, 0.25) is 0 Å². The highest BCUT2D eigenvalue weighted by molar-refractivity contribution is 5.71. The number of carbonyl (C=O) groups excluding carboxylic acids is 1. The minimum atomic E-state index is -0.419. The summed E-state index contributed by atoms with van der Waals surface area (Å²) in [5.74, 6) is 1.20. The maximum atomic E-state index is 10.0. The van der Waals surface area contributed by atoms with Crippen LogP contribution < -0.4 is 0 Å². The molecule has 4 aromatic rings. The molecule has 11 nitrogen and oxygen atoms in total. The first-order valence-electron chi connectivity index (χ1n) is 12.9. The largest absolute Gasteiger partial charge is 0.396 e. The average Bonchev–Trinajstić information content (AvgIpc) is 3.71. The molecule has 1 aliphatic heterocycles. The molecule has 5 heterocycles. The summed E-state index contributed by atoms with van der Waals surface area (Å²) in [6, 6.07) is 0. The van der Waals surface area contributed by atoms with Gasteiger partial charge in [-0.3, -0.25) is 4.79 Å². The molecule has 0 saturated heterocycles. The van der Waals surface area contributed by atoms with Gasteiger partial charge in [-0.15, -0.1) is 0 Å². The van der Waals surface area contributed by atoms with E-state index in [1.165, 1.54) is 31.3 Å². The number of carbonyl (C=O) groups is 1. The highest BCUT2D eigenvalue weighted by atomic mass is 16.3. The zero-order valence-corrected chi connectivity index (χ0v) is 23.1. The Hall–Kier alpha value is -3.57. The van der Waals surface area contributed by atoms with E-state index in [4.69, 9.17) is 10.2 Å². The topological polar surface area (TPSA) is 140 Å². The summed E-state index contributed by atoms with van der Waals surface area (Å²) in [5.41, 5.74) is 4.00. The third kappa shape index (κ3) is 9.71. The summed E-state index contributed by atoms with van der Waals surface area (Å²) in [5, 5.41) is 17.6. The number of aldehydes is 1. The molecule has 208 valence electrons. The molecule has 3 atom stereocenters. The lowest BCUT2D eigenvalue weighted by atomic mass is 9.99. The molecule has 3 N–H and O–H groups in total. The fourth-order valence-corrected chi connectivity index (χ4v) is 3.98. The molecule has 4 aromatic heterocycles. The second-order valence-electron chi connectivity index (χ2n) is 9.48. The molecule has 0 aromatic carbocycles. The lowest BCUT2D eigenvalue weighted by Gasteiger charge is -2.19. The molecule has 0 radical (unpaired) electrons. The van der Waals surface area contributed by atoms with Crippen molar-refractivity contribution in [2.45, 2.75) is 70.9 Å². The van der Waals surface area contributed by atoms with E-state index in [9.17, 15) is 4.79 Å². The molecule has 0 bridgehead atoms. The Morgan fingerprint density at radius 1 is 1.05 bits per heavy atom. The summed E-state index contributed by atoms with van der Waals surface area (Å²) in [7, 11) is 3.63. The van der Waals surface area contributed by atoms with E-state index in [1.807, 2.05) is 25.8 Å². The van der Waals surface area contributed by atoms with Crippen molar-refractivity contribution >= 4 is 6.29 Å². The number of nitrogens with one attached hydrogen (secondary N) is 1. The summed E-state index contributed by atoms with van der Waals surface area (Å²) in [6.07, 6.45) is 18.7. The van der Waals surface area contributed by atoms with Gasteiger partial charge in [-0.2, -0.15) is 0 Å². The molecule has 38 heavy (non-hydrogen) atoms. The molecule has 11 heteroatoms. The van der Waals surface area contributed by atoms with Gasteiger partial charge in [0, 0.05) is 51.0 Å². The van der Waals surface area contributed by atoms with Gasteiger partial charge in [0.2, 0.25) is 0 Å². The van der Waals surface area contributed by atoms with Gasteiger partial charge in [0.1, 0.15) is 5.69 Å². The number of aromatic amines is 1. The molecule has 0 amide bonds. The Balaban J connectivity index is 0.000000179. The first kappa shape index (κ1) is 30.7. The maximum Gasteiger partial charge on any atom is 0.168 e. The van der Waals surface area contributed by atoms with Gasteiger partial charge in [0.05, 0.1) is 49.5 Å². The van der Waals surface area contributed by atoms with Crippen LogP contribution in [0.4, 0.5) is 0 Å². The monoisotopic (exact) mass is 526 g/mol. The second-order valence-corrected chi connectivity index (χ2v) is 9.48. The van der Waals surface area contributed by atoms with Crippen LogP contribution in [0.25, 0.3) is 0 Å². The van der Waals surface area contributed by atoms with Gasteiger partial charge < -0.3 is 28.9 Å². The number of H-pyrrole nitrogens is 1. The number of aromatic nitrogens is 8. The van der Waals surface area contributed by atoms with E-state index in [0.29, 0.717) is 11.6 Å². The molecule has 0 spiro atoms. The number of nitrogens with zero attached hydrogens (tertiary/aromatic N) is 7. The van der Waals surface area contributed by atoms with E-state index in [2.05, 4.69) is 43.3 Å². The van der Waals surface area contributed by atoms with Crippen molar-refractivity contribution in [2.24, 2.45) is 14.1 Å². The Morgan fingerprint density at radius 2 is 1.76 bits per heavy atom. The van der Waals surface area contributed by atoms with Gasteiger partial charge in [0.25, 0.3) is 0 Å². The standard InChI is InChI=1S/C8H14N2O.C8H12N2.C6H10N2O.C5H6N2O/c1-7(3-2-4-11)8-5-9-6-10-8;1-7-3-2-4-10-6-9-5-8(7)10;1-5(9)6-3-7-4-8(6)2;1-7-4-6-2-5(7)3-8/h5-7,11H,2-4H2,1H3,(H,9,10);5-7H,2-4H2,1H3;3-5,9H,1-2H3;2-4H,1H3. The van der Waals surface area contributed by atoms with E-state index in [-0.39, 0.29) is 6.61 Å². The Kier molecular flexibility index (Phi) is 13.2. The summed E-state index contributed by atoms with van der Waals surface area (Å²) >= 11 is 0. The minimum absolute atomic E-state index is 0.276. The predicted molar refractivity (Wildman–Crippen MR) is 146 cm³/mol. The van der Waals surface area contributed by atoms with Crippen LogP contribution in [0.5, 0.6) is 0 Å². The lowest BCUT2D eigenvalue weighted by molar-refractivity contribution is 0.111. The van der Waals surface area contributed by atoms with E-state index in [0.717, 1.165) is 36.4 Å². The van der Waals surface area contributed by atoms with Gasteiger partial charge in [-0.05, 0) is 44.4 Å². The number of fused-ring (bicyclic) bond motifs is 1. The fraction of sp³-hybridized carbons (Fsp3) is 0.519. The maximum absolute atomic E-state index is 10.0. The van der Waals surface area contributed by atoms with Crippen LogP contribution in [0.3, 0.4) is 0 Å². The highest BCUT2D eigenvalue weighted by Crippen LogP contribution is 2.25. The SMILES string of the molecule is CC(CCCO)c1cnc[nH]1.CC(O)c1cncn1C.CC1CCCn2cncc21.Cn1cncc1C=O. The lowest BCUT2D eigenvalue weighted by Crippen LogP contribution is -2.11. The zero-order valence-electron chi connectivity index (χ0n) is 23.1. The number of aryl methyl sites for hydroxylation is 3. The molecule has 5 rings (SSSR count). The number of aliphatic hydroxyl groups excluding tert-OH is 2. The van der Waals surface area contributed by atoms with E-state index >= 15 is 0 Å². The van der Waals surface area contributed by atoms with Crippen LogP contribution in [-0.4, -0.2) is 61.7 Å². The van der Waals surface area contributed by atoms with E-state index in [1.54, 1.807) is 48.3 Å². The number of hydrogen-bond donors (Lipinski definition) is 3. The van der Waals surface area contributed by atoms with Gasteiger partial charge in [-0.25, -0.2) is 19.9 Å². The molecule has 3 unspecified atom stereocenters. The summed E-state index contributed by atoms with van der Waals surface area (Å²) in [4.78, 5) is 28.7. The van der Waals surface area contributed by atoms with Crippen molar-refractivity contribution in [3.63, 3.8) is 0 Å². The fourth-order valence-electron chi connectivity index (χ4n) is 3.98. The number of aliphatic hydroxyl groups is 2. The smallest absolute Gasteiger partial charge is 0.168 e. The molecular formula is C27H42N8O3. The van der Waals surface area contributed by atoms with Crippen LogP contribution in [0.1, 0.15) is 92.0 Å². The van der Waals surface area contributed by atoms with Crippen molar-refractivity contribution in [1.29, 1.82) is 0 Å². The molecule has 0 aliphatic carbocycles. The van der Waals surface area contributed by atoms with Crippen LogP contribution in [-0.2, 0) is 20.6 Å². The Labute approximate surface area is 224 Å². The van der Waals surface area contributed by atoms with Crippen LogP contribution >= 0.6 is 0 Å². The Morgan fingerprint density at radius 3 is 2.24 bits per heavy atom. The summed E-state index contributed by atoms with van der Waals surface area (Å²) in [6.45, 7) is 7.56.